The van der Waals surface area contributed by atoms with E-state index >= 15 is 0 Å². The van der Waals surface area contributed by atoms with Crippen LogP contribution in [0.3, 0.4) is 0 Å². The van der Waals surface area contributed by atoms with E-state index in [4.69, 9.17) is 27.9 Å². The van der Waals surface area contributed by atoms with E-state index < -0.39 is 0 Å². The minimum atomic E-state index is 0.210. The van der Waals surface area contributed by atoms with Gasteiger partial charge in [0.2, 0.25) is 0 Å². The molecule has 0 unspecified atom stereocenters. The summed E-state index contributed by atoms with van der Waals surface area (Å²) in [5.74, 6) is 1.01. The summed E-state index contributed by atoms with van der Waals surface area (Å²) in [6, 6.07) is 13.4. The van der Waals surface area contributed by atoms with Crippen molar-refractivity contribution in [2.24, 2.45) is 5.92 Å². The van der Waals surface area contributed by atoms with E-state index in [1.807, 2.05) is 30.3 Å². The molecule has 1 saturated heterocycles. The second-order valence-corrected chi connectivity index (χ2v) is 6.60. The smallest absolute Gasteiger partial charge is 0.125 e. The molecular weight excluding hydrogens is 333 g/mol. The van der Waals surface area contributed by atoms with Crippen LogP contribution >= 0.6 is 23.2 Å². The van der Waals surface area contributed by atoms with Crippen LogP contribution in [0.15, 0.2) is 42.5 Å². The van der Waals surface area contributed by atoms with Gasteiger partial charge >= 0.3 is 0 Å². The lowest BCUT2D eigenvalue weighted by Crippen LogP contribution is -2.46. The largest absolute Gasteiger partial charge is 0.489 e. The normalized spacial score (nSPS) is 15.2. The highest BCUT2D eigenvalue weighted by Gasteiger charge is 2.25. The zero-order valence-corrected chi connectivity index (χ0v) is 14.1. The molecule has 120 valence electrons. The fourth-order valence-corrected chi connectivity index (χ4v) is 3.04. The molecular formula is C18H17Cl2NO2. The molecule has 0 aromatic heterocycles. The molecule has 1 fully saturated rings. The summed E-state index contributed by atoms with van der Waals surface area (Å²) in [5, 5.41) is 1.22. The van der Waals surface area contributed by atoms with Gasteiger partial charge in [-0.05, 0) is 29.8 Å². The molecule has 0 amide bonds. The summed E-state index contributed by atoms with van der Waals surface area (Å²) in [4.78, 5) is 12.9. The van der Waals surface area contributed by atoms with Crippen LogP contribution in [-0.4, -0.2) is 24.3 Å². The molecule has 1 aliphatic rings. The number of aldehydes is 1. The first-order chi connectivity index (χ1) is 11.1. The Morgan fingerprint density at radius 1 is 1.13 bits per heavy atom. The second kappa shape index (κ2) is 7.35. The Morgan fingerprint density at radius 3 is 2.52 bits per heavy atom. The fourth-order valence-electron chi connectivity index (χ4n) is 2.57. The van der Waals surface area contributed by atoms with Crippen LogP contribution in [0.2, 0.25) is 10.0 Å². The van der Waals surface area contributed by atoms with Gasteiger partial charge in [0.15, 0.2) is 0 Å². The van der Waals surface area contributed by atoms with E-state index in [2.05, 4.69) is 4.90 Å². The molecule has 0 spiro atoms. The maximum atomic E-state index is 10.6. The standard InChI is InChI=1S/C18H17Cl2NO2/c19-16-4-3-15(18(20)7-16)12-23-17-5-1-13(2-6-17)8-21-9-14(10-21)11-22/h1-7,11,14H,8-10,12H2. The third-order valence-electron chi connectivity index (χ3n) is 3.92. The van der Waals surface area contributed by atoms with E-state index in [-0.39, 0.29) is 5.92 Å². The molecule has 0 radical (unpaired) electrons. The highest BCUT2D eigenvalue weighted by Crippen LogP contribution is 2.23. The second-order valence-electron chi connectivity index (χ2n) is 5.76. The van der Waals surface area contributed by atoms with E-state index in [0.717, 1.165) is 37.2 Å². The monoisotopic (exact) mass is 349 g/mol. The number of likely N-dealkylation sites (tertiary alicyclic amines) is 1. The summed E-state index contributed by atoms with van der Waals surface area (Å²) in [7, 11) is 0. The van der Waals surface area contributed by atoms with Crippen molar-refractivity contribution in [2.75, 3.05) is 13.1 Å². The molecule has 0 aliphatic carbocycles. The summed E-state index contributed by atoms with van der Waals surface area (Å²) in [6.45, 7) is 2.99. The van der Waals surface area contributed by atoms with Gasteiger partial charge in [0, 0.05) is 41.2 Å². The van der Waals surface area contributed by atoms with Crippen molar-refractivity contribution in [2.45, 2.75) is 13.2 Å². The average molecular weight is 350 g/mol. The topological polar surface area (TPSA) is 29.5 Å². The van der Waals surface area contributed by atoms with Crippen LogP contribution in [0.5, 0.6) is 5.75 Å². The summed E-state index contributed by atoms with van der Waals surface area (Å²) >= 11 is 12.0. The molecule has 2 aromatic rings. The quantitative estimate of drug-likeness (QED) is 0.731. The minimum Gasteiger partial charge on any atom is -0.489 e. The highest BCUT2D eigenvalue weighted by atomic mass is 35.5. The molecule has 0 bridgehead atoms. The number of hydrogen-bond acceptors (Lipinski definition) is 3. The number of rotatable bonds is 6. The van der Waals surface area contributed by atoms with Crippen molar-refractivity contribution in [3.05, 3.63) is 63.6 Å². The summed E-state index contributed by atoms with van der Waals surface area (Å²) in [6.07, 6.45) is 1.04. The van der Waals surface area contributed by atoms with E-state index in [1.54, 1.807) is 12.1 Å². The maximum absolute atomic E-state index is 10.6. The maximum Gasteiger partial charge on any atom is 0.125 e. The third-order valence-corrected chi connectivity index (χ3v) is 4.50. The van der Waals surface area contributed by atoms with Crippen molar-refractivity contribution >= 4 is 29.5 Å². The van der Waals surface area contributed by atoms with Gasteiger partial charge in [-0.3, -0.25) is 4.90 Å². The van der Waals surface area contributed by atoms with Crippen LogP contribution in [0.1, 0.15) is 11.1 Å². The molecule has 1 heterocycles. The van der Waals surface area contributed by atoms with Crippen LogP contribution < -0.4 is 4.74 Å². The van der Waals surface area contributed by atoms with E-state index in [1.165, 1.54) is 5.56 Å². The van der Waals surface area contributed by atoms with Gasteiger partial charge in [-0.25, -0.2) is 0 Å². The highest BCUT2D eigenvalue weighted by molar-refractivity contribution is 6.35. The molecule has 23 heavy (non-hydrogen) atoms. The molecule has 5 heteroatoms. The Bertz CT molecular complexity index is 682. The molecule has 0 atom stereocenters. The average Bonchev–Trinajstić information content (AvgIpc) is 2.51. The minimum absolute atomic E-state index is 0.210. The van der Waals surface area contributed by atoms with Crippen LogP contribution in [-0.2, 0) is 17.9 Å². The first-order valence-corrected chi connectivity index (χ1v) is 8.23. The number of benzene rings is 2. The van der Waals surface area contributed by atoms with Crippen LogP contribution in [0.25, 0.3) is 0 Å². The molecule has 3 nitrogen and oxygen atoms in total. The Balaban J connectivity index is 1.52. The van der Waals surface area contributed by atoms with Crippen molar-refractivity contribution in [3.63, 3.8) is 0 Å². The first kappa shape index (κ1) is 16.3. The third kappa shape index (κ3) is 4.25. The van der Waals surface area contributed by atoms with Crippen LogP contribution in [0.4, 0.5) is 0 Å². The van der Waals surface area contributed by atoms with Crippen molar-refractivity contribution in [1.82, 2.24) is 4.90 Å². The number of carbonyl (C=O) groups excluding carboxylic acids is 1. The summed E-state index contributed by atoms with van der Waals surface area (Å²) in [5.41, 5.74) is 2.12. The number of nitrogens with zero attached hydrogens (tertiary/aromatic N) is 1. The fraction of sp³-hybridized carbons (Fsp3) is 0.278. The predicted octanol–water partition coefficient (Wildman–Crippen LogP) is 4.20. The molecule has 3 rings (SSSR count). The van der Waals surface area contributed by atoms with E-state index in [0.29, 0.717) is 16.7 Å². The molecule has 1 aliphatic heterocycles. The Hall–Kier alpha value is -1.55. The zero-order chi connectivity index (χ0) is 16.2. The number of ether oxygens (including phenoxy) is 1. The van der Waals surface area contributed by atoms with Crippen molar-refractivity contribution in [1.29, 1.82) is 0 Å². The summed E-state index contributed by atoms with van der Waals surface area (Å²) < 4.78 is 5.76. The Kier molecular flexibility index (Phi) is 5.21. The number of hydrogen-bond donors (Lipinski definition) is 0. The Morgan fingerprint density at radius 2 is 1.87 bits per heavy atom. The lowest BCUT2D eigenvalue weighted by atomic mass is 10.0. The lowest BCUT2D eigenvalue weighted by molar-refractivity contribution is -0.115. The van der Waals surface area contributed by atoms with Gasteiger partial charge in [-0.15, -0.1) is 0 Å². The Labute approximate surface area is 145 Å². The molecule has 0 saturated carbocycles. The van der Waals surface area contributed by atoms with Gasteiger partial charge < -0.3 is 9.53 Å². The number of carbonyl (C=O) groups is 1. The van der Waals surface area contributed by atoms with Crippen molar-refractivity contribution < 1.29 is 9.53 Å². The number of halogens is 2. The van der Waals surface area contributed by atoms with Gasteiger partial charge in [0.25, 0.3) is 0 Å². The predicted molar refractivity (Wildman–Crippen MR) is 92.1 cm³/mol. The van der Waals surface area contributed by atoms with Gasteiger partial charge in [-0.1, -0.05) is 41.4 Å². The zero-order valence-electron chi connectivity index (χ0n) is 12.5. The van der Waals surface area contributed by atoms with Gasteiger partial charge in [0.05, 0.1) is 0 Å². The van der Waals surface area contributed by atoms with Crippen molar-refractivity contribution in [3.8, 4) is 5.75 Å². The molecule has 2 aromatic carbocycles. The SMILES string of the molecule is O=CC1CN(Cc2ccc(OCc3ccc(Cl)cc3Cl)cc2)C1. The van der Waals surface area contributed by atoms with Gasteiger partial charge in [-0.2, -0.15) is 0 Å². The van der Waals surface area contributed by atoms with Crippen LogP contribution in [0, 0.1) is 5.92 Å². The molecule has 0 N–H and O–H groups in total. The lowest BCUT2D eigenvalue weighted by Gasteiger charge is -2.36. The first-order valence-electron chi connectivity index (χ1n) is 7.47. The van der Waals surface area contributed by atoms with Gasteiger partial charge in [0.1, 0.15) is 18.6 Å². The van der Waals surface area contributed by atoms with E-state index in [9.17, 15) is 4.79 Å².